The van der Waals surface area contributed by atoms with E-state index in [2.05, 4.69) is 26.0 Å². The molecule has 0 aliphatic carbocycles. The molecular formula is C17H17ClO2. The zero-order valence-corrected chi connectivity index (χ0v) is 12.6. The summed E-state index contributed by atoms with van der Waals surface area (Å²) in [7, 11) is 0. The SMILES string of the molecule is Cc1ccc(C(C)C)c(Oc2cccc(Cl)c2C=O)c1. The van der Waals surface area contributed by atoms with Crippen LogP contribution in [0, 0.1) is 6.92 Å². The summed E-state index contributed by atoms with van der Waals surface area (Å²) in [5.41, 5.74) is 2.59. The Morgan fingerprint density at radius 3 is 2.55 bits per heavy atom. The lowest BCUT2D eigenvalue weighted by molar-refractivity contribution is 0.112. The molecule has 104 valence electrons. The van der Waals surface area contributed by atoms with Crippen LogP contribution in [0.25, 0.3) is 0 Å². The fourth-order valence-electron chi connectivity index (χ4n) is 2.05. The summed E-state index contributed by atoms with van der Waals surface area (Å²) in [5.74, 6) is 1.59. The molecular weight excluding hydrogens is 272 g/mol. The Labute approximate surface area is 124 Å². The minimum absolute atomic E-state index is 0.337. The van der Waals surface area contributed by atoms with Gasteiger partial charge < -0.3 is 4.74 Å². The molecule has 0 spiro atoms. The quantitative estimate of drug-likeness (QED) is 0.706. The fraction of sp³-hybridized carbons (Fsp3) is 0.235. The summed E-state index contributed by atoms with van der Waals surface area (Å²) in [6.07, 6.45) is 0.725. The van der Waals surface area contributed by atoms with E-state index in [1.54, 1.807) is 18.2 Å². The van der Waals surface area contributed by atoms with Gasteiger partial charge in [-0.3, -0.25) is 4.79 Å². The van der Waals surface area contributed by atoms with Crippen LogP contribution in [0.2, 0.25) is 5.02 Å². The van der Waals surface area contributed by atoms with Crippen LogP contribution in [0.15, 0.2) is 36.4 Å². The van der Waals surface area contributed by atoms with Gasteiger partial charge in [0.2, 0.25) is 0 Å². The maximum atomic E-state index is 11.2. The number of aryl methyl sites for hydroxylation is 1. The average molecular weight is 289 g/mol. The van der Waals surface area contributed by atoms with Crippen LogP contribution in [-0.4, -0.2) is 6.29 Å². The molecule has 0 aliphatic heterocycles. The molecule has 0 atom stereocenters. The van der Waals surface area contributed by atoms with Crippen molar-refractivity contribution in [1.82, 2.24) is 0 Å². The number of ether oxygens (including phenoxy) is 1. The summed E-state index contributed by atoms with van der Waals surface area (Å²) in [6.45, 7) is 6.22. The zero-order valence-electron chi connectivity index (χ0n) is 11.8. The molecule has 20 heavy (non-hydrogen) atoms. The van der Waals surface area contributed by atoms with Gasteiger partial charge in [-0.2, -0.15) is 0 Å². The molecule has 0 N–H and O–H groups in total. The van der Waals surface area contributed by atoms with Crippen LogP contribution in [0.3, 0.4) is 0 Å². The van der Waals surface area contributed by atoms with Crippen molar-refractivity contribution in [1.29, 1.82) is 0 Å². The fourth-order valence-corrected chi connectivity index (χ4v) is 2.26. The molecule has 0 heterocycles. The molecule has 2 rings (SSSR count). The summed E-state index contributed by atoms with van der Waals surface area (Å²) in [4.78, 5) is 11.2. The van der Waals surface area contributed by atoms with Crippen molar-refractivity contribution in [3.63, 3.8) is 0 Å². The minimum Gasteiger partial charge on any atom is -0.456 e. The number of carbonyl (C=O) groups excluding carboxylic acids is 1. The second-order valence-electron chi connectivity index (χ2n) is 5.07. The second kappa shape index (κ2) is 6.10. The third kappa shape index (κ3) is 3.02. The molecule has 2 aromatic rings. The molecule has 2 nitrogen and oxygen atoms in total. The van der Waals surface area contributed by atoms with Crippen LogP contribution in [0.5, 0.6) is 11.5 Å². The molecule has 0 fully saturated rings. The van der Waals surface area contributed by atoms with Crippen LogP contribution in [-0.2, 0) is 0 Å². The molecule has 0 radical (unpaired) electrons. The van der Waals surface area contributed by atoms with Gasteiger partial charge in [-0.25, -0.2) is 0 Å². The normalized spacial score (nSPS) is 10.7. The summed E-state index contributed by atoms with van der Waals surface area (Å²) < 4.78 is 5.94. The third-order valence-corrected chi connectivity index (χ3v) is 3.47. The molecule has 0 saturated heterocycles. The average Bonchev–Trinajstić information content (AvgIpc) is 2.38. The van der Waals surface area contributed by atoms with Gasteiger partial charge >= 0.3 is 0 Å². The molecule has 3 heteroatoms. The second-order valence-corrected chi connectivity index (χ2v) is 5.47. The molecule has 0 aromatic heterocycles. The van der Waals surface area contributed by atoms with Crippen molar-refractivity contribution in [2.24, 2.45) is 0 Å². The van der Waals surface area contributed by atoms with E-state index in [0.717, 1.165) is 23.2 Å². The predicted molar refractivity (Wildman–Crippen MR) is 82.2 cm³/mol. The van der Waals surface area contributed by atoms with Crippen LogP contribution in [0.4, 0.5) is 0 Å². The van der Waals surface area contributed by atoms with E-state index >= 15 is 0 Å². The Bertz CT molecular complexity index is 633. The highest BCUT2D eigenvalue weighted by Gasteiger charge is 2.12. The first-order valence-corrected chi connectivity index (χ1v) is 6.92. The van der Waals surface area contributed by atoms with E-state index in [9.17, 15) is 4.79 Å². The zero-order chi connectivity index (χ0) is 14.7. The highest BCUT2D eigenvalue weighted by molar-refractivity contribution is 6.33. The van der Waals surface area contributed by atoms with Gasteiger partial charge in [-0.1, -0.05) is 43.6 Å². The van der Waals surface area contributed by atoms with Crippen LogP contribution < -0.4 is 4.74 Å². The monoisotopic (exact) mass is 288 g/mol. The first kappa shape index (κ1) is 14.6. The van der Waals surface area contributed by atoms with E-state index in [4.69, 9.17) is 16.3 Å². The van der Waals surface area contributed by atoms with Gasteiger partial charge in [-0.05, 0) is 42.2 Å². The standard InChI is InChI=1S/C17H17ClO2/c1-11(2)13-8-7-12(3)9-17(13)20-16-6-4-5-15(18)14(16)10-19/h4-11H,1-3H3. The van der Waals surface area contributed by atoms with Crippen molar-refractivity contribution >= 4 is 17.9 Å². The predicted octanol–water partition coefficient (Wildman–Crippen LogP) is 5.38. The van der Waals surface area contributed by atoms with Crippen molar-refractivity contribution in [2.75, 3.05) is 0 Å². The number of rotatable bonds is 4. The third-order valence-electron chi connectivity index (χ3n) is 3.14. The first-order chi connectivity index (χ1) is 9.52. The molecule has 0 saturated carbocycles. The summed E-state index contributed by atoms with van der Waals surface area (Å²) in [5, 5.41) is 0.399. The number of benzene rings is 2. The smallest absolute Gasteiger partial charge is 0.155 e. The highest BCUT2D eigenvalue weighted by atomic mass is 35.5. The van der Waals surface area contributed by atoms with Crippen molar-refractivity contribution in [3.8, 4) is 11.5 Å². The number of halogens is 1. The van der Waals surface area contributed by atoms with Gasteiger partial charge in [0.15, 0.2) is 6.29 Å². The summed E-state index contributed by atoms with van der Waals surface area (Å²) in [6, 6.07) is 11.3. The number of hydrogen-bond donors (Lipinski definition) is 0. The van der Waals surface area contributed by atoms with Gasteiger partial charge in [0.1, 0.15) is 11.5 Å². The van der Waals surface area contributed by atoms with Gasteiger partial charge in [0, 0.05) is 0 Å². The Kier molecular flexibility index (Phi) is 4.46. The topological polar surface area (TPSA) is 26.3 Å². The van der Waals surface area contributed by atoms with E-state index in [-0.39, 0.29) is 0 Å². The van der Waals surface area contributed by atoms with Crippen molar-refractivity contribution in [2.45, 2.75) is 26.7 Å². The van der Waals surface area contributed by atoms with Crippen LogP contribution >= 0.6 is 11.6 Å². The Balaban J connectivity index is 2.47. The maximum Gasteiger partial charge on any atom is 0.155 e. The van der Waals surface area contributed by atoms with Crippen LogP contribution in [0.1, 0.15) is 41.3 Å². The van der Waals surface area contributed by atoms with E-state index in [0.29, 0.717) is 22.3 Å². The highest BCUT2D eigenvalue weighted by Crippen LogP contribution is 2.34. The van der Waals surface area contributed by atoms with Gasteiger partial charge in [0.25, 0.3) is 0 Å². The molecule has 0 aliphatic rings. The Hall–Kier alpha value is -1.80. The van der Waals surface area contributed by atoms with Gasteiger partial charge in [-0.15, -0.1) is 0 Å². The van der Waals surface area contributed by atoms with E-state index in [1.165, 1.54) is 0 Å². The molecule has 0 unspecified atom stereocenters. The number of carbonyl (C=O) groups is 1. The Morgan fingerprint density at radius 2 is 1.90 bits per heavy atom. The largest absolute Gasteiger partial charge is 0.456 e. The molecule has 0 amide bonds. The van der Waals surface area contributed by atoms with Crippen molar-refractivity contribution in [3.05, 3.63) is 58.1 Å². The minimum atomic E-state index is 0.337. The van der Waals surface area contributed by atoms with E-state index < -0.39 is 0 Å². The first-order valence-electron chi connectivity index (χ1n) is 6.55. The molecule has 2 aromatic carbocycles. The van der Waals surface area contributed by atoms with Crippen molar-refractivity contribution < 1.29 is 9.53 Å². The van der Waals surface area contributed by atoms with E-state index in [1.807, 2.05) is 13.0 Å². The maximum absolute atomic E-state index is 11.2. The number of hydrogen-bond acceptors (Lipinski definition) is 2. The van der Waals surface area contributed by atoms with Gasteiger partial charge in [0.05, 0.1) is 10.6 Å². The lowest BCUT2D eigenvalue weighted by atomic mass is 10.0. The molecule has 0 bridgehead atoms. The number of aldehydes is 1. The lowest BCUT2D eigenvalue weighted by Gasteiger charge is -2.16. The Morgan fingerprint density at radius 1 is 1.15 bits per heavy atom. The summed E-state index contributed by atoms with van der Waals surface area (Å²) >= 11 is 6.02. The lowest BCUT2D eigenvalue weighted by Crippen LogP contribution is -1.97.